The summed E-state index contributed by atoms with van der Waals surface area (Å²) in [5, 5.41) is 17.6. The fraction of sp³-hybridized carbons (Fsp3) is 0.263. The maximum absolute atomic E-state index is 12.2. The Bertz CT molecular complexity index is 971. The molecule has 0 spiro atoms. The summed E-state index contributed by atoms with van der Waals surface area (Å²) in [6.07, 6.45) is 1.40. The Kier molecular flexibility index (Phi) is 5.13. The highest BCUT2D eigenvalue weighted by Gasteiger charge is 2.12. The average Bonchev–Trinajstić information content (AvgIpc) is 3.07. The van der Waals surface area contributed by atoms with Gasteiger partial charge in [0, 0.05) is 12.1 Å². The van der Waals surface area contributed by atoms with Gasteiger partial charge in [-0.05, 0) is 30.7 Å². The van der Waals surface area contributed by atoms with Crippen molar-refractivity contribution in [1.82, 2.24) is 20.1 Å². The summed E-state index contributed by atoms with van der Waals surface area (Å²) in [6, 6.07) is 13.8. The summed E-state index contributed by atoms with van der Waals surface area (Å²) in [4.78, 5) is 16.0. The van der Waals surface area contributed by atoms with E-state index in [0.717, 1.165) is 22.1 Å². The fourth-order valence-corrected chi connectivity index (χ4v) is 2.67. The summed E-state index contributed by atoms with van der Waals surface area (Å²) in [5.74, 6) is 0.578. The van der Waals surface area contributed by atoms with Gasteiger partial charge >= 0.3 is 0 Å². The third-order valence-corrected chi connectivity index (χ3v) is 3.76. The summed E-state index contributed by atoms with van der Waals surface area (Å²) in [6.45, 7) is 4.27. The van der Waals surface area contributed by atoms with Gasteiger partial charge in [0.1, 0.15) is 24.7 Å². The van der Waals surface area contributed by atoms with Crippen LogP contribution in [0.25, 0.3) is 10.8 Å². The van der Waals surface area contributed by atoms with Crippen molar-refractivity contribution in [3.8, 4) is 11.8 Å². The van der Waals surface area contributed by atoms with Gasteiger partial charge in [0.05, 0.1) is 6.10 Å². The summed E-state index contributed by atoms with van der Waals surface area (Å²) in [5.41, 5.74) is 0.932. The molecule has 132 valence electrons. The van der Waals surface area contributed by atoms with Crippen LogP contribution in [0, 0.1) is 11.3 Å². The molecular formula is C19H19N5O2. The van der Waals surface area contributed by atoms with Gasteiger partial charge in [-0.2, -0.15) is 5.26 Å². The van der Waals surface area contributed by atoms with Crippen molar-refractivity contribution < 1.29 is 9.53 Å². The minimum Gasteiger partial charge on any atom is -0.491 e. The second-order valence-electron chi connectivity index (χ2n) is 6.08. The molecule has 0 unspecified atom stereocenters. The number of amides is 1. The number of nitrogens with zero attached hydrogens (tertiary/aromatic N) is 4. The van der Waals surface area contributed by atoms with Gasteiger partial charge in [0.15, 0.2) is 0 Å². The minimum atomic E-state index is -0.220. The third kappa shape index (κ3) is 3.98. The SMILES string of the molecule is CC(C)Oc1ccc2ccccc2c1CNC(=O)Cn1cnc(C#N)n1. The van der Waals surface area contributed by atoms with Crippen molar-refractivity contribution in [2.75, 3.05) is 0 Å². The smallest absolute Gasteiger partial charge is 0.252 e. The predicted molar refractivity (Wildman–Crippen MR) is 96.3 cm³/mol. The lowest BCUT2D eigenvalue weighted by molar-refractivity contribution is -0.122. The minimum absolute atomic E-state index is 0.000181. The van der Waals surface area contributed by atoms with Crippen LogP contribution >= 0.6 is 0 Å². The monoisotopic (exact) mass is 349 g/mol. The lowest BCUT2D eigenvalue weighted by Crippen LogP contribution is -2.27. The zero-order valence-corrected chi connectivity index (χ0v) is 14.6. The van der Waals surface area contributed by atoms with E-state index in [1.54, 1.807) is 0 Å². The molecule has 7 heteroatoms. The van der Waals surface area contributed by atoms with E-state index in [9.17, 15) is 4.79 Å². The molecule has 7 nitrogen and oxygen atoms in total. The number of carbonyl (C=O) groups is 1. The van der Waals surface area contributed by atoms with Gasteiger partial charge in [-0.15, -0.1) is 5.10 Å². The number of nitrogens with one attached hydrogen (secondary N) is 1. The quantitative estimate of drug-likeness (QED) is 0.738. The first-order valence-corrected chi connectivity index (χ1v) is 8.30. The summed E-state index contributed by atoms with van der Waals surface area (Å²) in [7, 11) is 0. The molecule has 1 heterocycles. The van der Waals surface area contributed by atoms with Crippen molar-refractivity contribution in [2.24, 2.45) is 0 Å². The fourth-order valence-electron chi connectivity index (χ4n) is 2.67. The van der Waals surface area contributed by atoms with Gasteiger partial charge in [0.2, 0.25) is 5.91 Å². The molecule has 2 aromatic carbocycles. The van der Waals surface area contributed by atoms with E-state index in [2.05, 4.69) is 15.4 Å². The Hall–Kier alpha value is -3.40. The molecule has 0 aliphatic heterocycles. The van der Waals surface area contributed by atoms with Crippen molar-refractivity contribution in [1.29, 1.82) is 5.26 Å². The van der Waals surface area contributed by atoms with E-state index < -0.39 is 0 Å². The number of hydrogen-bond acceptors (Lipinski definition) is 5. The molecule has 3 rings (SSSR count). The first-order chi connectivity index (χ1) is 12.6. The number of aromatic nitrogens is 3. The highest BCUT2D eigenvalue weighted by Crippen LogP contribution is 2.28. The Morgan fingerprint density at radius 2 is 2.12 bits per heavy atom. The average molecular weight is 349 g/mol. The normalized spacial score (nSPS) is 10.7. The zero-order chi connectivity index (χ0) is 18.5. The Balaban J connectivity index is 1.78. The topological polar surface area (TPSA) is 92.8 Å². The highest BCUT2D eigenvalue weighted by atomic mass is 16.5. The van der Waals surface area contributed by atoms with E-state index in [4.69, 9.17) is 10.00 Å². The number of benzene rings is 2. The second kappa shape index (κ2) is 7.66. The predicted octanol–water partition coefficient (Wildman–Crippen LogP) is 2.41. The van der Waals surface area contributed by atoms with Crippen LogP contribution in [-0.2, 0) is 17.9 Å². The van der Waals surface area contributed by atoms with Crippen LogP contribution in [0.3, 0.4) is 0 Å². The molecular weight excluding hydrogens is 330 g/mol. The molecule has 0 atom stereocenters. The maximum atomic E-state index is 12.2. The first kappa shape index (κ1) is 17.4. The molecule has 0 aliphatic rings. The van der Waals surface area contributed by atoms with Crippen molar-refractivity contribution in [3.05, 3.63) is 54.1 Å². The van der Waals surface area contributed by atoms with Gasteiger partial charge in [-0.3, -0.25) is 4.79 Å². The first-order valence-electron chi connectivity index (χ1n) is 8.30. The van der Waals surface area contributed by atoms with Gasteiger partial charge < -0.3 is 10.1 Å². The lowest BCUT2D eigenvalue weighted by atomic mass is 10.0. The number of fused-ring (bicyclic) bond motifs is 1. The molecule has 0 aliphatic carbocycles. The zero-order valence-electron chi connectivity index (χ0n) is 14.6. The molecule has 0 saturated carbocycles. The van der Waals surface area contributed by atoms with E-state index in [1.807, 2.05) is 56.3 Å². The molecule has 26 heavy (non-hydrogen) atoms. The molecule has 0 radical (unpaired) electrons. The van der Waals surface area contributed by atoms with Crippen LogP contribution in [0.1, 0.15) is 25.2 Å². The van der Waals surface area contributed by atoms with Crippen molar-refractivity contribution in [2.45, 2.75) is 33.0 Å². The lowest BCUT2D eigenvalue weighted by Gasteiger charge is -2.17. The van der Waals surface area contributed by atoms with Gasteiger partial charge in [-0.25, -0.2) is 9.67 Å². The molecule has 0 bridgehead atoms. The molecule has 3 aromatic rings. The third-order valence-electron chi connectivity index (χ3n) is 3.76. The number of nitriles is 1. The Morgan fingerprint density at radius 1 is 1.31 bits per heavy atom. The van der Waals surface area contributed by atoms with E-state index >= 15 is 0 Å². The number of ether oxygens (including phenoxy) is 1. The maximum Gasteiger partial charge on any atom is 0.252 e. The molecule has 1 aromatic heterocycles. The molecule has 0 saturated heterocycles. The molecule has 0 fully saturated rings. The van der Waals surface area contributed by atoms with Crippen LogP contribution in [0.4, 0.5) is 0 Å². The number of rotatable bonds is 6. The largest absolute Gasteiger partial charge is 0.491 e. The van der Waals surface area contributed by atoms with E-state index in [0.29, 0.717) is 6.54 Å². The van der Waals surface area contributed by atoms with E-state index in [-0.39, 0.29) is 24.4 Å². The van der Waals surface area contributed by atoms with Crippen molar-refractivity contribution >= 4 is 16.7 Å². The van der Waals surface area contributed by atoms with Crippen molar-refractivity contribution in [3.63, 3.8) is 0 Å². The highest BCUT2D eigenvalue weighted by molar-refractivity contribution is 5.88. The standard InChI is InChI=1S/C19H19N5O2/c1-13(2)26-17-8-7-14-5-3-4-6-15(14)16(17)10-21-19(25)11-24-12-22-18(9-20)23-24/h3-8,12-13H,10-11H2,1-2H3,(H,21,25). The van der Waals surface area contributed by atoms with Gasteiger partial charge in [-0.1, -0.05) is 30.3 Å². The summed E-state index contributed by atoms with van der Waals surface area (Å²) < 4.78 is 7.24. The molecule has 1 amide bonds. The van der Waals surface area contributed by atoms with Crippen LogP contribution in [-0.4, -0.2) is 26.8 Å². The molecule has 1 N–H and O–H groups in total. The van der Waals surface area contributed by atoms with Crippen LogP contribution in [0.2, 0.25) is 0 Å². The number of carbonyl (C=O) groups excluding carboxylic acids is 1. The second-order valence-corrected chi connectivity index (χ2v) is 6.08. The Labute approximate surface area is 151 Å². The van der Waals surface area contributed by atoms with Gasteiger partial charge in [0.25, 0.3) is 5.82 Å². The van der Waals surface area contributed by atoms with Crippen LogP contribution < -0.4 is 10.1 Å². The van der Waals surface area contributed by atoms with Crippen LogP contribution in [0.5, 0.6) is 5.75 Å². The summed E-state index contributed by atoms with van der Waals surface area (Å²) >= 11 is 0. The Morgan fingerprint density at radius 3 is 2.85 bits per heavy atom. The number of hydrogen-bond donors (Lipinski definition) is 1. The van der Waals surface area contributed by atoms with Crippen LogP contribution in [0.15, 0.2) is 42.7 Å². The van der Waals surface area contributed by atoms with E-state index in [1.165, 1.54) is 11.0 Å².